The smallest absolute Gasteiger partial charge is 0.227 e. The molecule has 6 heavy (non-hydrogen) atoms. The Balaban J connectivity index is 2.31. The summed E-state index contributed by atoms with van der Waals surface area (Å²) in [5.74, 6) is -0.296. The number of carbonyl (C=O) groups is 1. The van der Waals surface area contributed by atoms with Gasteiger partial charge < -0.3 is 4.90 Å². The van der Waals surface area contributed by atoms with Crippen LogP contribution in [0.2, 0.25) is 0 Å². The standard InChI is InChI=1S/C4H5NO/c1-4(6)5-2-3-5/h1H,2-3H2. The van der Waals surface area contributed by atoms with Crippen LogP contribution in [0.25, 0.3) is 0 Å². The van der Waals surface area contributed by atoms with Crippen molar-refractivity contribution in [2.45, 2.75) is 0 Å². The molecule has 2 heteroatoms. The molecule has 1 rings (SSSR count). The summed E-state index contributed by atoms with van der Waals surface area (Å²) in [7, 11) is 0. The highest BCUT2D eigenvalue weighted by Gasteiger charge is 2.19. The van der Waals surface area contributed by atoms with E-state index in [4.69, 9.17) is 6.92 Å². The van der Waals surface area contributed by atoms with Crippen molar-refractivity contribution in [2.24, 2.45) is 0 Å². The fourth-order valence-corrected chi connectivity index (χ4v) is 0.270. The first-order valence-corrected chi connectivity index (χ1v) is 1.85. The first-order chi connectivity index (χ1) is 2.80. The summed E-state index contributed by atoms with van der Waals surface area (Å²) in [6.45, 7) is 6.50. The van der Waals surface area contributed by atoms with Crippen molar-refractivity contribution < 1.29 is 4.79 Å². The maximum atomic E-state index is 9.91. The molecule has 0 saturated carbocycles. The quantitative estimate of drug-likeness (QED) is 0.363. The maximum Gasteiger partial charge on any atom is 0.227 e. The van der Waals surface area contributed by atoms with Crippen molar-refractivity contribution in [1.29, 1.82) is 0 Å². The van der Waals surface area contributed by atoms with Crippen molar-refractivity contribution in [3.05, 3.63) is 6.92 Å². The van der Waals surface area contributed by atoms with Gasteiger partial charge in [0, 0.05) is 13.1 Å². The highest BCUT2D eigenvalue weighted by molar-refractivity contribution is 5.82. The Kier molecular flexibility index (Phi) is 0.587. The third kappa shape index (κ3) is 0.506. The molecule has 1 aliphatic heterocycles. The highest BCUT2D eigenvalue weighted by atomic mass is 16.2. The summed E-state index contributed by atoms with van der Waals surface area (Å²) in [5, 5.41) is 0. The summed E-state index contributed by atoms with van der Waals surface area (Å²) in [4.78, 5) is 11.5. The Morgan fingerprint density at radius 1 is 1.67 bits per heavy atom. The van der Waals surface area contributed by atoms with Crippen LogP contribution >= 0.6 is 0 Å². The van der Waals surface area contributed by atoms with Crippen LogP contribution in [-0.2, 0) is 4.79 Å². The van der Waals surface area contributed by atoms with E-state index < -0.39 is 0 Å². The molecule has 0 aromatic rings. The number of rotatable bonds is 0. The zero-order valence-electron chi connectivity index (χ0n) is 3.35. The summed E-state index contributed by atoms with van der Waals surface area (Å²) in [6.07, 6.45) is 0. The Labute approximate surface area is 36.7 Å². The Hall–Kier alpha value is -0.530. The number of hydrogen-bond acceptors (Lipinski definition) is 1. The molecular weight excluding hydrogens is 78.0 g/mol. The lowest BCUT2D eigenvalue weighted by atomic mass is 10.7. The van der Waals surface area contributed by atoms with Gasteiger partial charge >= 0.3 is 0 Å². The predicted octanol–water partition coefficient (Wildman–Crippen LogP) is -0.460. The van der Waals surface area contributed by atoms with Gasteiger partial charge in [-0.15, -0.1) is 0 Å². The molecule has 1 aliphatic rings. The van der Waals surface area contributed by atoms with E-state index in [0.717, 1.165) is 13.1 Å². The monoisotopic (exact) mass is 83.0 g/mol. The van der Waals surface area contributed by atoms with Crippen LogP contribution in [0, 0.1) is 6.92 Å². The molecule has 1 heterocycles. The Bertz CT molecular complexity index is 75.6. The van der Waals surface area contributed by atoms with Gasteiger partial charge in [-0.1, -0.05) is 0 Å². The van der Waals surface area contributed by atoms with Crippen LogP contribution < -0.4 is 0 Å². The molecule has 0 N–H and O–H groups in total. The van der Waals surface area contributed by atoms with Crippen molar-refractivity contribution in [3.63, 3.8) is 0 Å². The number of amides is 1. The van der Waals surface area contributed by atoms with Crippen LogP contribution in [0.15, 0.2) is 0 Å². The van der Waals surface area contributed by atoms with Crippen LogP contribution in [0.4, 0.5) is 0 Å². The second-order valence-electron chi connectivity index (χ2n) is 1.33. The Morgan fingerprint density at radius 2 is 2.17 bits per heavy atom. The Morgan fingerprint density at radius 3 is 2.17 bits per heavy atom. The van der Waals surface area contributed by atoms with Gasteiger partial charge in [-0.2, -0.15) is 0 Å². The van der Waals surface area contributed by atoms with Gasteiger partial charge in [-0.05, 0) is 0 Å². The van der Waals surface area contributed by atoms with Gasteiger partial charge in [0.25, 0.3) is 0 Å². The second-order valence-corrected chi connectivity index (χ2v) is 1.33. The fraction of sp³-hybridized carbons (Fsp3) is 0.500. The van der Waals surface area contributed by atoms with Crippen molar-refractivity contribution in [2.75, 3.05) is 13.1 Å². The van der Waals surface area contributed by atoms with Crippen LogP contribution in [0.5, 0.6) is 0 Å². The molecule has 0 aliphatic carbocycles. The number of nitrogens with zero attached hydrogens (tertiary/aromatic N) is 1. The molecule has 2 nitrogen and oxygen atoms in total. The molecule has 32 valence electrons. The molecular formula is C4H5NO. The molecule has 1 amide bonds. The lowest BCUT2D eigenvalue weighted by molar-refractivity contribution is -0.121. The summed E-state index contributed by atoms with van der Waals surface area (Å²) in [6, 6.07) is 0. The van der Waals surface area contributed by atoms with Gasteiger partial charge in [0.15, 0.2) is 0 Å². The number of hydrogen-bond donors (Lipinski definition) is 0. The summed E-state index contributed by atoms with van der Waals surface area (Å²) < 4.78 is 0. The van der Waals surface area contributed by atoms with E-state index in [1.165, 1.54) is 0 Å². The van der Waals surface area contributed by atoms with E-state index >= 15 is 0 Å². The zero-order chi connectivity index (χ0) is 4.57. The van der Waals surface area contributed by atoms with Crippen LogP contribution in [0.3, 0.4) is 0 Å². The molecule has 0 spiro atoms. The molecule has 0 aromatic heterocycles. The van der Waals surface area contributed by atoms with Crippen molar-refractivity contribution >= 4 is 5.91 Å². The van der Waals surface area contributed by atoms with E-state index in [2.05, 4.69) is 0 Å². The third-order valence-corrected chi connectivity index (χ3v) is 0.759. The van der Waals surface area contributed by atoms with Crippen molar-refractivity contribution in [3.8, 4) is 0 Å². The van der Waals surface area contributed by atoms with Crippen LogP contribution in [-0.4, -0.2) is 23.9 Å². The molecule has 0 atom stereocenters. The number of carbonyl (C=O) groups excluding carboxylic acids is 1. The molecule has 1 fully saturated rings. The van der Waals surface area contributed by atoms with E-state index in [9.17, 15) is 4.79 Å². The first kappa shape index (κ1) is 3.65. The maximum absolute atomic E-state index is 9.91. The van der Waals surface area contributed by atoms with E-state index in [1.54, 1.807) is 4.90 Å². The fourth-order valence-electron chi connectivity index (χ4n) is 0.270. The lowest BCUT2D eigenvalue weighted by Gasteiger charge is -1.84. The minimum Gasteiger partial charge on any atom is -0.339 e. The topological polar surface area (TPSA) is 20.1 Å². The predicted molar refractivity (Wildman–Crippen MR) is 20.9 cm³/mol. The van der Waals surface area contributed by atoms with Gasteiger partial charge in [-0.25, -0.2) is 0 Å². The van der Waals surface area contributed by atoms with E-state index in [1.807, 2.05) is 0 Å². The zero-order valence-corrected chi connectivity index (χ0v) is 3.35. The molecule has 2 radical (unpaired) electrons. The molecule has 0 aromatic carbocycles. The van der Waals surface area contributed by atoms with Gasteiger partial charge in [0.2, 0.25) is 5.91 Å². The minimum atomic E-state index is -0.296. The van der Waals surface area contributed by atoms with Gasteiger partial charge in [0.1, 0.15) is 0 Å². The van der Waals surface area contributed by atoms with Gasteiger partial charge in [0.05, 0.1) is 6.92 Å². The van der Waals surface area contributed by atoms with E-state index in [0.29, 0.717) is 0 Å². The summed E-state index contributed by atoms with van der Waals surface area (Å²) in [5.41, 5.74) is 0. The molecule has 0 bridgehead atoms. The lowest BCUT2D eigenvalue weighted by Crippen LogP contribution is -2.02. The SMILES string of the molecule is [CH]C(=O)N1CC1. The highest BCUT2D eigenvalue weighted by Crippen LogP contribution is 2.00. The van der Waals surface area contributed by atoms with Gasteiger partial charge in [-0.3, -0.25) is 4.79 Å². The average Bonchev–Trinajstić information content (AvgIpc) is 2.06. The summed E-state index contributed by atoms with van der Waals surface area (Å²) >= 11 is 0. The largest absolute Gasteiger partial charge is 0.339 e. The minimum absolute atomic E-state index is 0.296. The third-order valence-electron chi connectivity index (χ3n) is 0.759. The first-order valence-electron chi connectivity index (χ1n) is 1.85. The molecule has 1 saturated heterocycles. The second kappa shape index (κ2) is 0.965. The molecule has 0 unspecified atom stereocenters. The normalized spacial score (nSPS) is 17.8. The van der Waals surface area contributed by atoms with E-state index in [-0.39, 0.29) is 5.91 Å². The van der Waals surface area contributed by atoms with Crippen molar-refractivity contribution in [1.82, 2.24) is 4.90 Å². The average molecular weight is 83.1 g/mol. The van der Waals surface area contributed by atoms with Crippen LogP contribution in [0.1, 0.15) is 0 Å².